The highest BCUT2D eigenvalue weighted by atomic mass is 16.5. The fourth-order valence-corrected chi connectivity index (χ4v) is 2.12. The van der Waals surface area contributed by atoms with Crippen LogP contribution in [0, 0.1) is 6.92 Å². The SMILES string of the molecule is Cc1ccc2c(Cc3oncc3C=O)c[nH]c2c1. The molecule has 0 saturated carbocycles. The van der Waals surface area contributed by atoms with Crippen LogP contribution in [0.25, 0.3) is 10.9 Å². The molecule has 0 atom stereocenters. The second-order valence-corrected chi connectivity index (χ2v) is 4.36. The molecule has 3 rings (SSSR count). The van der Waals surface area contributed by atoms with Crippen molar-refractivity contribution in [1.82, 2.24) is 10.1 Å². The molecule has 4 heteroatoms. The second-order valence-electron chi connectivity index (χ2n) is 4.36. The van der Waals surface area contributed by atoms with Gasteiger partial charge in [0.25, 0.3) is 0 Å². The molecule has 0 unspecified atom stereocenters. The number of aromatic amines is 1. The van der Waals surface area contributed by atoms with Crippen LogP contribution in [-0.2, 0) is 6.42 Å². The highest BCUT2D eigenvalue weighted by molar-refractivity contribution is 5.84. The Bertz CT molecular complexity index is 709. The van der Waals surface area contributed by atoms with Gasteiger partial charge >= 0.3 is 0 Å². The zero-order valence-corrected chi connectivity index (χ0v) is 9.93. The molecule has 18 heavy (non-hydrogen) atoms. The molecule has 0 saturated heterocycles. The number of H-pyrrole nitrogens is 1. The first kappa shape index (κ1) is 10.8. The van der Waals surface area contributed by atoms with E-state index in [1.807, 2.05) is 6.20 Å². The van der Waals surface area contributed by atoms with Gasteiger partial charge in [0.05, 0.1) is 11.8 Å². The van der Waals surface area contributed by atoms with Crippen molar-refractivity contribution in [3.63, 3.8) is 0 Å². The third kappa shape index (κ3) is 1.72. The molecule has 0 aliphatic rings. The largest absolute Gasteiger partial charge is 0.361 e. The molecule has 2 aromatic heterocycles. The van der Waals surface area contributed by atoms with E-state index >= 15 is 0 Å². The number of nitrogens with one attached hydrogen (secondary N) is 1. The summed E-state index contributed by atoms with van der Waals surface area (Å²) in [4.78, 5) is 14.0. The summed E-state index contributed by atoms with van der Waals surface area (Å²) in [6.07, 6.45) is 4.73. The van der Waals surface area contributed by atoms with Gasteiger partial charge in [-0.15, -0.1) is 0 Å². The van der Waals surface area contributed by atoms with E-state index in [0.29, 0.717) is 17.7 Å². The first-order chi connectivity index (χ1) is 8.78. The summed E-state index contributed by atoms with van der Waals surface area (Å²) in [6, 6.07) is 6.24. The van der Waals surface area contributed by atoms with Gasteiger partial charge in [0, 0.05) is 23.5 Å². The van der Waals surface area contributed by atoms with Crippen LogP contribution in [0.3, 0.4) is 0 Å². The Hall–Kier alpha value is -2.36. The van der Waals surface area contributed by atoms with E-state index in [9.17, 15) is 4.79 Å². The molecule has 0 aliphatic heterocycles. The Kier molecular flexibility index (Phi) is 2.48. The Morgan fingerprint density at radius 3 is 3.17 bits per heavy atom. The molecule has 3 aromatic rings. The normalized spacial score (nSPS) is 10.9. The molecule has 0 aliphatic carbocycles. The van der Waals surface area contributed by atoms with Crippen LogP contribution in [-0.4, -0.2) is 16.4 Å². The molecule has 0 amide bonds. The number of carbonyl (C=O) groups excluding carboxylic acids is 1. The van der Waals surface area contributed by atoms with Crippen molar-refractivity contribution in [2.75, 3.05) is 0 Å². The molecule has 0 spiro atoms. The fourth-order valence-electron chi connectivity index (χ4n) is 2.12. The maximum absolute atomic E-state index is 10.8. The number of aromatic nitrogens is 2. The van der Waals surface area contributed by atoms with Gasteiger partial charge < -0.3 is 9.51 Å². The Balaban J connectivity index is 2.03. The summed E-state index contributed by atoms with van der Waals surface area (Å²) in [7, 11) is 0. The Morgan fingerprint density at radius 2 is 2.33 bits per heavy atom. The van der Waals surface area contributed by atoms with E-state index in [4.69, 9.17) is 4.52 Å². The van der Waals surface area contributed by atoms with Crippen LogP contribution >= 0.6 is 0 Å². The molecular formula is C14H12N2O2. The fraction of sp³-hybridized carbons (Fsp3) is 0.143. The maximum Gasteiger partial charge on any atom is 0.155 e. The lowest BCUT2D eigenvalue weighted by Gasteiger charge is -1.97. The highest BCUT2D eigenvalue weighted by Crippen LogP contribution is 2.22. The summed E-state index contributed by atoms with van der Waals surface area (Å²) in [5.74, 6) is 0.603. The zero-order chi connectivity index (χ0) is 12.5. The number of benzene rings is 1. The topological polar surface area (TPSA) is 58.9 Å². The molecule has 1 N–H and O–H groups in total. The number of carbonyl (C=O) groups is 1. The lowest BCUT2D eigenvalue weighted by Crippen LogP contribution is -1.89. The quantitative estimate of drug-likeness (QED) is 0.716. The molecule has 2 heterocycles. The van der Waals surface area contributed by atoms with Crippen molar-refractivity contribution in [3.8, 4) is 0 Å². The minimum absolute atomic E-state index is 0.511. The number of rotatable bonds is 3. The van der Waals surface area contributed by atoms with Gasteiger partial charge in [0.1, 0.15) is 0 Å². The predicted molar refractivity (Wildman–Crippen MR) is 67.7 cm³/mol. The number of hydrogen-bond acceptors (Lipinski definition) is 3. The molecule has 4 nitrogen and oxygen atoms in total. The van der Waals surface area contributed by atoms with Crippen LogP contribution in [0.15, 0.2) is 35.1 Å². The van der Waals surface area contributed by atoms with Crippen molar-refractivity contribution in [3.05, 3.63) is 53.0 Å². The van der Waals surface area contributed by atoms with Gasteiger partial charge in [-0.25, -0.2) is 0 Å². The standard InChI is InChI=1S/C14H12N2O2/c1-9-2-3-12-10(6-15-13(12)4-9)5-14-11(8-17)7-16-18-14/h2-4,6-8,15H,5H2,1H3. The average Bonchev–Trinajstić information content (AvgIpc) is 2.96. The van der Waals surface area contributed by atoms with Gasteiger partial charge in [-0.2, -0.15) is 0 Å². The van der Waals surface area contributed by atoms with E-state index in [1.165, 1.54) is 11.8 Å². The Labute approximate surface area is 104 Å². The van der Waals surface area contributed by atoms with Crippen molar-refractivity contribution >= 4 is 17.2 Å². The van der Waals surface area contributed by atoms with Gasteiger partial charge in [0.15, 0.2) is 12.0 Å². The number of fused-ring (bicyclic) bond motifs is 1. The molecule has 0 radical (unpaired) electrons. The predicted octanol–water partition coefficient (Wildman–Crippen LogP) is 2.87. The van der Waals surface area contributed by atoms with Crippen molar-refractivity contribution in [2.24, 2.45) is 0 Å². The first-order valence-corrected chi connectivity index (χ1v) is 5.73. The molecule has 1 aromatic carbocycles. The van der Waals surface area contributed by atoms with Crippen LogP contribution in [0.2, 0.25) is 0 Å². The van der Waals surface area contributed by atoms with E-state index in [-0.39, 0.29) is 0 Å². The van der Waals surface area contributed by atoms with Crippen molar-refractivity contribution in [1.29, 1.82) is 0 Å². The number of aryl methyl sites for hydroxylation is 1. The van der Waals surface area contributed by atoms with Crippen molar-refractivity contribution < 1.29 is 9.32 Å². The third-order valence-electron chi connectivity index (χ3n) is 3.08. The molecular weight excluding hydrogens is 228 g/mol. The smallest absolute Gasteiger partial charge is 0.155 e. The van der Waals surface area contributed by atoms with Crippen molar-refractivity contribution in [2.45, 2.75) is 13.3 Å². The zero-order valence-electron chi connectivity index (χ0n) is 9.93. The van der Waals surface area contributed by atoms with Gasteiger partial charge in [-0.1, -0.05) is 17.3 Å². The van der Waals surface area contributed by atoms with E-state index in [2.05, 4.69) is 35.3 Å². The number of aldehydes is 1. The second kappa shape index (κ2) is 4.14. The first-order valence-electron chi connectivity index (χ1n) is 5.73. The van der Waals surface area contributed by atoms with E-state index < -0.39 is 0 Å². The van der Waals surface area contributed by atoms with Gasteiger partial charge in [0.2, 0.25) is 0 Å². The maximum atomic E-state index is 10.8. The summed E-state index contributed by atoms with van der Waals surface area (Å²) >= 11 is 0. The molecule has 0 fully saturated rings. The summed E-state index contributed by atoms with van der Waals surface area (Å²) in [5.41, 5.74) is 3.92. The molecule has 0 bridgehead atoms. The van der Waals surface area contributed by atoms with Crippen LogP contribution in [0.5, 0.6) is 0 Å². The highest BCUT2D eigenvalue weighted by Gasteiger charge is 2.11. The minimum atomic E-state index is 0.511. The molecule has 90 valence electrons. The summed E-state index contributed by atoms with van der Waals surface area (Å²) < 4.78 is 5.11. The summed E-state index contributed by atoms with van der Waals surface area (Å²) in [5, 5.41) is 4.80. The van der Waals surface area contributed by atoms with Crippen LogP contribution < -0.4 is 0 Å². The van der Waals surface area contributed by atoms with E-state index in [0.717, 1.165) is 22.8 Å². The van der Waals surface area contributed by atoms with Crippen LogP contribution in [0.1, 0.15) is 27.2 Å². The number of nitrogens with zero attached hydrogens (tertiary/aromatic N) is 1. The monoisotopic (exact) mass is 240 g/mol. The average molecular weight is 240 g/mol. The van der Waals surface area contributed by atoms with E-state index in [1.54, 1.807) is 0 Å². The minimum Gasteiger partial charge on any atom is -0.361 e. The Morgan fingerprint density at radius 1 is 1.44 bits per heavy atom. The summed E-state index contributed by atoms with van der Waals surface area (Å²) in [6.45, 7) is 2.06. The lowest BCUT2D eigenvalue weighted by atomic mass is 10.1. The van der Waals surface area contributed by atoms with Crippen LogP contribution in [0.4, 0.5) is 0 Å². The third-order valence-corrected chi connectivity index (χ3v) is 3.08. The van der Waals surface area contributed by atoms with Gasteiger partial charge in [-0.05, 0) is 24.1 Å². The lowest BCUT2D eigenvalue weighted by molar-refractivity contribution is 0.112. The van der Waals surface area contributed by atoms with Gasteiger partial charge in [-0.3, -0.25) is 4.79 Å². The number of hydrogen-bond donors (Lipinski definition) is 1.